The van der Waals surface area contributed by atoms with E-state index in [0.717, 1.165) is 14.5 Å². The third-order valence-electron chi connectivity index (χ3n) is 1.55. The van der Waals surface area contributed by atoms with E-state index in [1.807, 2.05) is 18.2 Å². The quantitative estimate of drug-likeness (QED) is 0.891. The van der Waals surface area contributed by atoms with E-state index in [9.17, 15) is 8.78 Å². The van der Waals surface area contributed by atoms with Gasteiger partial charge in [-0.3, -0.25) is 0 Å². The van der Waals surface area contributed by atoms with E-state index in [2.05, 4.69) is 37.2 Å². The molecule has 78 valence electrons. The van der Waals surface area contributed by atoms with Crippen LogP contribution in [0.4, 0.5) is 8.78 Å². The molecular formula is C9H9Br2F2N. The Labute approximate surface area is 98.1 Å². The molecule has 14 heavy (non-hydrogen) atoms. The molecule has 0 saturated carbocycles. The standard InChI is InChI=1S/C9H9Br2F2N/c10-7-1-6(2-8(11)3-7)4-14-5-9(12)13/h1-3,9,14H,4-5H2. The minimum absolute atomic E-state index is 0.274. The molecular weight excluding hydrogens is 320 g/mol. The fourth-order valence-corrected chi connectivity index (χ4v) is 2.43. The summed E-state index contributed by atoms with van der Waals surface area (Å²) in [6.45, 7) is 0.173. The van der Waals surface area contributed by atoms with Gasteiger partial charge in [0.25, 0.3) is 6.43 Å². The van der Waals surface area contributed by atoms with E-state index in [1.165, 1.54) is 0 Å². The average molecular weight is 329 g/mol. The largest absolute Gasteiger partial charge is 0.307 e. The summed E-state index contributed by atoms with van der Waals surface area (Å²) in [5, 5.41) is 2.66. The van der Waals surface area contributed by atoms with Crippen LogP contribution in [0.25, 0.3) is 0 Å². The number of nitrogens with one attached hydrogen (secondary N) is 1. The molecule has 5 heteroatoms. The van der Waals surface area contributed by atoms with Gasteiger partial charge in [-0.05, 0) is 23.8 Å². The zero-order valence-corrected chi connectivity index (χ0v) is 10.4. The molecule has 0 aliphatic rings. The van der Waals surface area contributed by atoms with Crippen molar-refractivity contribution >= 4 is 31.9 Å². The van der Waals surface area contributed by atoms with Crippen LogP contribution in [0, 0.1) is 0 Å². The molecule has 1 rings (SSSR count). The summed E-state index contributed by atoms with van der Waals surface area (Å²) in [5.74, 6) is 0. The monoisotopic (exact) mass is 327 g/mol. The predicted octanol–water partition coefficient (Wildman–Crippen LogP) is 3.57. The number of hydrogen-bond acceptors (Lipinski definition) is 1. The van der Waals surface area contributed by atoms with Crippen molar-refractivity contribution < 1.29 is 8.78 Å². The van der Waals surface area contributed by atoms with Crippen LogP contribution in [-0.4, -0.2) is 13.0 Å². The van der Waals surface area contributed by atoms with Gasteiger partial charge in [0.15, 0.2) is 0 Å². The zero-order valence-electron chi connectivity index (χ0n) is 7.24. The van der Waals surface area contributed by atoms with Crippen LogP contribution in [0.1, 0.15) is 5.56 Å². The third-order valence-corrected chi connectivity index (χ3v) is 2.47. The Morgan fingerprint density at radius 2 is 1.71 bits per heavy atom. The Morgan fingerprint density at radius 1 is 1.14 bits per heavy atom. The van der Waals surface area contributed by atoms with Crippen LogP contribution < -0.4 is 5.32 Å². The van der Waals surface area contributed by atoms with Gasteiger partial charge in [-0.15, -0.1) is 0 Å². The van der Waals surface area contributed by atoms with Crippen molar-refractivity contribution in [2.24, 2.45) is 0 Å². The fraction of sp³-hybridized carbons (Fsp3) is 0.333. The van der Waals surface area contributed by atoms with Crippen molar-refractivity contribution in [1.29, 1.82) is 0 Å². The Kier molecular flexibility index (Phi) is 4.98. The maximum absolute atomic E-state index is 11.8. The molecule has 0 amide bonds. The maximum atomic E-state index is 11.8. The zero-order chi connectivity index (χ0) is 10.6. The van der Waals surface area contributed by atoms with Crippen molar-refractivity contribution in [3.8, 4) is 0 Å². The maximum Gasteiger partial charge on any atom is 0.250 e. The smallest absolute Gasteiger partial charge is 0.250 e. The first-order valence-electron chi connectivity index (χ1n) is 4.02. The third kappa shape index (κ3) is 4.48. The van der Waals surface area contributed by atoms with Crippen molar-refractivity contribution in [1.82, 2.24) is 5.32 Å². The highest BCUT2D eigenvalue weighted by Crippen LogP contribution is 2.19. The van der Waals surface area contributed by atoms with Crippen molar-refractivity contribution in [3.63, 3.8) is 0 Å². The number of benzene rings is 1. The first-order chi connectivity index (χ1) is 6.58. The van der Waals surface area contributed by atoms with Gasteiger partial charge in [0, 0.05) is 15.5 Å². The van der Waals surface area contributed by atoms with Crippen molar-refractivity contribution in [2.75, 3.05) is 6.54 Å². The lowest BCUT2D eigenvalue weighted by Crippen LogP contribution is -2.20. The molecule has 0 fully saturated rings. The Balaban J connectivity index is 2.50. The fourth-order valence-electron chi connectivity index (χ4n) is 1.04. The van der Waals surface area contributed by atoms with E-state index in [1.54, 1.807) is 0 Å². The van der Waals surface area contributed by atoms with Gasteiger partial charge in [0.2, 0.25) is 0 Å². The summed E-state index contributed by atoms with van der Waals surface area (Å²) in [7, 11) is 0. The van der Waals surface area contributed by atoms with Gasteiger partial charge in [-0.2, -0.15) is 0 Å². The Morgan fingerprint density at radius 3 is 2.21 bits per heavy atom. The second kappa shape index (κ2) is 5.78. The molecule has 1 nitrogen and oxygen atoms in total. The molecule has 0 aliphatic carbocycles. The summed E-state index contributed by atoms with van der Waals surface area (Å²) < 4.78 is 25.5. The van der Waals surface area contributed by atoms with Gasteiger partial charge in [0.05, 0.1) is 6.54 Å². The Bertz CT molecular complexity index is 285. The number of halogens is 4. The molecule has 1 N–H and O–H groups in total. The highest BCUT2D eigenvalue weighted by Gasteiger charge is 2.02. The Hall–Kier alpha value is -0.000000000000000111. The number of hydrogen-bond donors (Lipinski definition) is 1. The summed E-state index contributed by atoms with van der Waals surface area (Å²) in [6.07, 6.45) is -2.30. The number of rotatable bonds is 4. The molecule has 0 heterocycles. The lowest BCUT2D eigenvalue weighted by Gasteiger charge is -2.05. The summed E-state index contributed by atoms with van der Waals surface area (Å²) in [4.78, 5) is 0. The van der Waals surface area contributed by atoms with E-state index in [0.29, 0.717) is 6.54 Å². The lowest BCUT2D eigenvalue weighted by atomic mass is 10.2. The van der Waals surface area contributed by atoms with Crippen LogP contribution in [0.5, 0.6) is 0 Å². The first-order valence-corrected chi connectivity index (χ1v) is 5.60. The normalized spacial score (nSPS) is 10.9. The molecule has 0 aliphatic heterocycles. The summed E-state index contributed by atoms with van der Waals surface area (Å²) >= 11 is 6.66. The topological polar surface area (TPSA) is 12.0 Å². The molecule has 1 aromatic carbocycles. The summed E-state index contributed by atoms with van der Waals surface area (Å²) in [5.41, 5.74) is 0.965. The number of alkyl halides is 2. The van der Waals surface area contributed by atoms with Crippen LogP contribution >= 0.6 is 31.9 Å². The SMILES string of the molecule is FC(F)CNCc1cc(Br)cc(Br)c1. The minimum atomic E-state index is -2.30. The van der Waals surface area contributed by atoms with Gasteiger partial charge in [-0.25, -0.2) is 8.78 Å². The van der Waals surface area contributed by atoms with Crippen LogP contribution in [0.15, 0.2) is 27.1 Å². The van der Waals surface area contributed by atoms with Crippen molar-refractivity contribution in [3.05, 3.63) is 32.7 Å². The molecule has 1 aromatic rings. The first kappa shape index (κ1) is 12.1. The lowest BCUT2D eigenvalue weighted by molar-refractivity contribution is 0.145. The van der Waals surface area contributed by atoms with Gasteiger partial charge in [0.1, 0.15) is 0 Å². The predicted molar refractivity (Wildman–Crippen MR) is 59.6 cm³/mol. The highest BCUT2D eigenvalue weighted by atomic mass is 79.9. The van der Waals surface area contributed by atoms with E-state index in [-0.39, 0.29) is 6.54 Å². The second-order valence-electron chi connectivity index (χ2n) is 2.80. The van der Waals surface area contributed by atoms with Gasteiger partial charge < -0.3 is 5.32 Å². The summed E-state index contributed by atoms with van der Waals surface area (Å²) in [6, 6.07) is 5.68. The highest BCUT2D eigenvalue weighted by molar-refractivity contribution is 9.11. The molecule has 0 saturated heterocycles. The molecule has 0 aromatic heterocycles. The van der Waals surface area contributed by atoms with Crippen LogP contribution in [-0.2, 0) is 6.54 Å². The van der Waals surface area contributed by atoms with E-state index in [4.69, 9.17) is 0 Å². The minimum Gasteiger partial charge on any atom is -0.307 e. The molecule has 0 atom stereocenters. The molecule has 0 bridgehead atoms. The van der Waals surface area contributed by atoms with Gasteiger partial charge >= 0.3 is 0 Å². The van der Waals surface area contributed by atoms with E-state index < -0.39 is 6.43 Å². The molecule has 0 radical (unpaired) electrons. The molecule has 0 unspecified atom stereocenters. The van der Waals surface area contributed by atoms with Crippen LogP contribution in [0.2, 0.25) is 0 Å². The average Bonchev–Trinajstić information content (AvgIpc) is 2.01. The van der Waals surface area contributed by atoms with Crippen molar-refractivity contribution in [2.45, 2.75) is 13.0 Å². The molecule has 0 spiro atoms. The van der Waals surface area contributed by atoms with Crippen LogP contribution in [0.3, 0.4) is 0 Å². The van der Waals surface area contributed by atoms with E-state index >= 15 is 0 Å². The second-order valence-corrected chi connectivity index (χ2v) is 4.63. The van der Waals surface area contributed by atoms with Gasteiger partial charge in [-0.1, -0.05) is 31.9 Å².